The third-order valence-corrected chi connectivity index (χ3v) is 3.06. The lowest BCUT2D eigenvalue weighted by Crippen LogP contribution is -2.10. The molecule has 0 aliphatic heterocycles. The molecular formula is C15H15FN2O2. The first-order valence-electron chi connectivity index (χ1n) is 6.36. The lowest BCUT2D eigenvalue weighted by Gasteiger charge is -2.18. The van der Waals surface area contributed by atoms with Crippen LogP contribution in [0.1, 0.15) is 24.9 Å². The van der Waals surface area contributed by atoms with Gasteiger partial charge in [-0.1, -0.05) is 25.1 Å². The van der Waals surface area contributed by atoms with Crippen LogP contribution in [0, 0.1) is 15.9 Å². The molecule has 5 heteroatoms. The summed E-state index contributed by atoms with van der Waals surface area (Å²) in [4.78, 5) is 10.3. The van der Waals surface area contributed by atoms with Crippen molar-refractivity contribution in [2.24, 2.45) is 0 Å². The van der Waals surface area contributed by atoms with E-state index in [1.54, 1.807) is 18.2 Å². The fourth-order valence-corrected chi connectivity index (χ4v) is 2.05. The van der Waals surface area contributed by atoms with Crippen molar-refractivity contribution < 1.29 is 9.31 Å². The molecule has 0 amide bonds. The molecule has 2 aromatic carbocycles. The predicted octanol–water partition coefficient (Wildman–Crippen LogP) is 4.30. The predicted molar refractivity (Wildman–Crippen MR) is 76.2 cm³/mol. The quantitative estimate of drug-likeness (QED) is 0.653. The van der Waals surface area contributed by atoms with E-state index >= 15 is 0 Å². The Balaban J connectivity index is 2.22. The van der Waals surface area contributed by atoms with Gasteiger partial charge in [-0.3, -0.25) is 10.1 Å². The molecule has 0 saturated heterocycles. The molecule has 2 rings (SSSR count). The Hall–Kier alpha value is -2.43. The molecule has 1 N–H and O–H groups in total. The zero-order chi connectivity index (χ0) is 14.5. The lowest BCUT2D eigenvalue weighted by molar-refractivity contribution is -0.384. The van der Waals surface area contributed by atoms with Crippen molar-refractivity contribution in [3.05, 3.63) is 70.0 Å². The van der Waals surface area contributed by atoms with E-state index < -0.39 is 4.92 Å². The highest BCUT2D eigenvalue weighted by Gasteiger charge is 2.12. The summed E-state index contributed by atoms with van der Waals surface area (Å²) in [5, 5.41) is 13.9. The Morgan fingerprint density at radius 2 is 2.00 bits per heavy atom. The molecule has 0 fully saturated rings. The molecule has 1 atom stereocenters. The van der Waals surface area contributed by atoms with E-state index in [-0.39, 0.29) is 17.5 Å². The first-order chi connectivity index (χ1) is 9.60. The van der Waals surface area contributed by atoms with Crippen LogP contribution in [-0.2, 0) is 0 Å². The molecule has 104 valence electrons. The van der Waals surface area contributed by atoms with E-state index in [2.05, 4.69) is 5.32 Å². The highest BCUT2D eigenvalue weighted by atomic mass is 19.1. The van der Waals surface area contributed by atoms with Gasteiger partial charge in [-0.15, -0.1) is 0 Å². The molecular weight excluding hydrogens is 259 g/mol. The van der Waals surface area contributed by atoms with Crippen molar-refractivity contribution in [3.63, 3.8) is 0 Å². The topological polar surface area (TPSA) is 55.2 Å². The summed E-state index contributed by atoms with van der Waals surface area (Å²) in [6.07, 6.45) is 0.742. The molecule has 0 saturated carbocycles. The standard InChI is InChI=1S/C15H15FN2O2/c1-2-15(11-5-3-6-12(16)9-11)17-13-7-4-8-14(10-13)18(19)20/h3-10,15,17H,2H2,1H3. The van der Waals surface area contributed by atoms with Crippen molar-refractivity contribution >= 4 is 11.4 Å². The molecule has 0 bridgehead atoms. The maximum atomic E-state index is 13.3. The van der Waals surface area contributed by atoms with Gasteiger partial charge in [-0.25, -0.2) is 4.39 Å². The van der Waals surface area contributed by atoms with E-state index in [0.717, 1.165) is 12.0 Å². The third kappa shape index (κ3) is 3.32. The maximum absolute atomic E-state index is 13.3. The second kappa shape index (κ2) is 6.14. The Bertz CT molecular complexity index is 616. The Morgan fingerprint density at radius 1 is 1.25 bits per heavy atom. The van der Waals surface area contributed by atoms with Gasteiger partial charge < -0.3 is 5.32 Å². The summed E-state index contributed by atoms with van der Waals surface area (Å²) >= 11 is 0. The van der Waals surface area contributed by atoms with Crippen LogP contribution in [0.15, 0.2) is 48.5 Å². The van der Waals surface area contributed by atoms with Crippen molar-refractivity contribution in [1.29, 1.82) is 0 Å². The number of anilines is 1. The second-order valence-corrected chi connectivity index (χ2v) is 4.47. The number of nitro groups is 1. The maximum Gasteiger partial charge on any atom is 0.271 e. The van der Waals surface area contributed by atoms with E-state index in [4.69, 9.17) is 0 Å². The average Bonchev–Trinajstić information content (AvgIpc) is 2.45. The van der Waals surface area contributed by atoms with Crippen molar-refractivity contribution in [2.75, 3.05) is 5.32 Å². The zero-order valence-corrected chi connectivity index (χ0v) is 11.0. The molecule has 0 aromatic heterocycles. The summed E-state index contributed by atoms with van der Waals surface area (Å²) in [5.74, 6) is -0.290. The minimum Gasteiger partial charge on any atom is -0.378 e. The van der Waals surface area contributed by atoms with Crippen molar-refractivity contribution in [1.82, 2.24) is 0 Å². The Morgan fingerprint density at radius 3 is 2.65 bits per heavy atom. The van der Waals surface area contributed by atoms with Gasteiger partial charge in [-0.05, 0) is 30.2 Å². The van der Waals surface area contributed by atoms with Crippen LogP contribution in [0.2, 0.25) is 0 Å². The number of halogens is 1. The summed E-state index contributed by atoms with van der Waals surface area (Å²) < 4.78 is 13.3. The van der Waals surface area contributed by atoms with Crippen LogP contribution >= 0.6 is 0 Å². The number of nitrogens with zero attached hydrogens (tertiary/aromatic N) is 1. The summed E-state index contributed by atoms with van der Waals surface area (Å²) in [6.45, 7) is 1.97. The van der Waals surface area contributed by atoms with Gasteiger partial charge >= 0.3 is 0 Å². The molecule has 2 aromatic rings. The Labute approximate surface area is 116 Å². The molecule has 4 nitrogen and oxygen atoms in total. The number of hydrogen-bond donors (Lipinski definition) is 1. The molecule has 0 aliphatic carbocycles. The van der Waals surface area contributed by atoms with E-state index in [1.165, 1.54) is 24.3 Å². The monoisotopic (exact) mass is 274 g/mol. The van der Waals surface area contributed by atoms with Crippen LogP contribution in [0.5, 0.6) is 0 Å². The third-order valence-electron chi connectivity index (χ3n) is 3.06. The van der Waals surface area contributed by atoms with Crippen LogP contribution in [0.4, 0.5) is 15.8 Å². The fourth-order valence-electron chi connectivity index (χ4n) is 2.05. The number of nitro benzene ring substituents is 1. The number of hydrogen-bond acceptors (Lipinski definition) is 3. The normalized spacial score (nSPS) is 11.9. The van der Waals surface area contributed by atoms with Crippen molar-refractivity contribution in [2.45, 2.75) is 19.4 Å². The number of nitrogens with one attached hydrogen (secondary N) is 1. The smallest absolute Gasteiger partial charge is 0.271 e. The number of rotatable bonds is 5. The SMILES string of the molecule is CCC(Nc1cccc([N+](=O)[O-])c1)c1cccc(F)c1. The van der Waals surface area contributed by atoms with Gasteiger partial charge in [0.2, 0.25) is 0 Å². The van der Waals surface area contributed by atoms with E-state index in [1.807, 2.05) is 13.0 Å². The minimum absolute atomic E-state index is 0.0316. The first-order valence-corrected chi connectivity index (χ1v) is 6.36. The average molecular weight is 274 g/mol. The van der Waals surface area contributed by atoms with Gasteiger partial charge in [-0.2, -0.15) is 0 Å². The molecule has 0 aliphatic rings. The zero-order valence-electron chi connectivity index (χ0n) is 11.0. The first kappa shape index (κ1) is 14.0. The van der Waals surface area contributed by atoms with E-state index in [9.17, 15) is 14.5 Å². The van der Waals surface area contributed by atoms with Gasteiger partial charge in [0.1, 0.15) is 5.82 Å². The van der Waals surface area contributed by atoms with Crippen LogP contribution in [0.3, 0.4) is 0 Å². The Kier molecular flexibility index (Phi) is 4.30. The highest BCUT2D eigenvalue weighted by molar-refractivity contribution is 5.52. The van der Waals surface area contributed by atoms with Gasteiger partial charge in [0.05, 0.1) is 11.0 Å². The molecule has 0 spiro atoms. The number of benzene rings is 2. The highest BCUT2D eigenvalue weighted by Crippen LogP contribution is 2.25. The summed E-state index contributed by atoms with van der Waals surface area (Å²) in [6, 6.07) is 12.6. The van der Waals surface area contributed by atoms with Gasteiger partial charge in [0.25, 0.3) is 5.69 Å². The fraction of sp³-hybridized carbons (Fsp3) is 0.200. The van der Waals surface area contributed by atoms with Crippen LogP contribution in [0.25, 0.3) is 0 Å². The second-order valence-electron chi connectivity index (χ2n) is 4.47. The molecule has 0 radical (unpaired) electrons. The number of non-ortho nitro benzene ring substituents is 1. The van der Waals surface area contributed by atoms with Crippen LogP contribution in [-0.4, -0.2) is 4.92 Å². The molecule has 20 heavy (non-hydrogen) atoms. The summed E-state index contributed by atoms with van der Waals surface area (Å²) in [7, 11) is 0. The molecule has 1 unspecified atom stereocenters. The van der Waals surface area contributed by atoms with Crippen LogP contribution < -0.4 is 5.32 Å². The lowest BCUT2D eigenvalue weighted by atomic mass is 10.0. The van der Waals surface area contributed by atoms with Crippen molar-refractivity contribution in [3.8, 4) is 0 Å². The van der Waals surface area contributed by atoms with Gasteiger partial charge in [0.15, 0.2) is 0 Å². The van der Waals surface area contributed by atoms with E-state index in [0.29, 0.717) is 5.69 Å². The summed E-state index contributed by atoms with van der Waals surface area (Å²) in [5.41, 5.74) is 1.50. The minimum atomic E-state index is -0.436. The molecule has 0 heterocycles. The van der Waals surface area contributed by atoms with Gasteiger partial charge in [0, 0.05) is 17.8 Å². The largest absolute Gasteiger partial charge is 0.378 e.